The number of rotatable bonds is 8. The molecule has 0 saturated heterocycles. The van der Waals surface area contributed by atoms with Crippen LogP contribution in [0.4, 0.5) is 0 Å². The summed E-state index contributed by atoms with van der Waals surface area (Å²) < 4.78 is 10.7. The number of carboxylic acids is 1. The normalized spacial score (nSPS) is 13.5. The second kappa shape index (κ2) is 7.38. The zero-order valence-electron chi connectivity index (χ0n) is 13.9. The molecule has 0 spiro atoms. The van der Waals surface area contributed by atoms with Crippen LogP contribution in [0.2, 0.25) is 0 Å². The van der Waals surface area contributed by atoms with E-state index in [0.717, 1.165) is 18.4 Å². The third-order valence-electron chi connectivity index (χ3n) is 3.93. The van der Waals surface area contributed by atoms with Gasteiger partial charge in [-0.2, -0.15) is 0 Å². The molecule has 25 heavy (non-hydrogen) atoms. The lowest BCUT2D eigenvalue weighted by atomic mass is 10.1. The van der Waals surface area contributed by atoms with Crippen molar-refractivity contribution in [1.29, 1.82) is 0 Å². The Morgan fingerprint density at radius 2 is 2.04 bits per heavy atom. The van der Waals surface area contributed by atoms with E-state index < -0.39 is 5.97 Å². The number of carbonyl (C=O) groups is 2. The molecule has 0 bridgehead atoms. The third-order valence-corrected chi connectivity index (χ3v) is 3.93. The lowest BCUT2D eigenvalue weighted by molar-refractivity contribution is -0.139. The quantitative estimate of drug-likeness (QED) is 0.762. The first-order chi connectivity index (χ1) is 12.0. The van der Waals surface area contributed by atoms with Gasteiger partial charge in [0.15, 0.2) is 12.5 Å². The van der Waals surface area contributed by atoms with Crippen molar-refractivity contribution in [3.05, 3.63) is 47.2 Å². The number of benzene rings is 1. The van der Waals surface area contributed by atoms with E-state index in [1.54, 1.807) is 19.1 Å². The Labute approximate surface area is 145 Å². The fourth-order valence-electron chi connectivity index (χ4n) is 2.43. The lowest BCUT2D eigenvalue weighted by Crippen LogP contribution is -2.25. The summed E-state index contributed by atoms with van der Waals surface area (Å²) in [7, 11) is 0. The van der Waals surface area contributed by atoms with E-state index in [-0.39, 0.29) is 12.5 Å². The van der Waals surface area contributed by atoms with Crippen LogP contribution in [0.15, 0.2) is 28.7 Å². The molecule has 1 fully saturated rings. The van der Waals surface area contributed by atoms with Gasteiger partial charge in [0.2, 0.25) is 5.76 Å². The molecule has 0 atom stereocenters. The van der Waals surface area contributed by atoms with Crippen LogP contribution in [0.25, 0.3) is 0 Å². The molecule has 7 nitrogen and oxygen atoms in total. The number of aliphatic carboxylic acids is 1. The van der Waals surface area contributed by atoms with Crippen LogP contribution in [0.3, 0.4) is 0 Å². The van der Waals surface area contributed by atoms with Gasteiger partial charge in [-0.15, -0.1) is 0 Å². The number of ether oxygens (including phenoxy) is 1. The summed E-state index contributed by atoms with van der Waals surface area (Å²) >= 11 is 0. The van der Waals surface area contributed by atoms with Crippen LogP contribution in [0, 0.1) is 6.92 Å². The minimum Gasteiger partial charge on any atom is -0.482 e. The molecule has 1 heterocycles. The highest BCUT2D eigenvalue weighted by molar-refractivity contribution is 5.92. The van der Waals surface area contributed by atoms with Crippen LogP contribution in [0.1, 0.15) is 46.5 Å². The SMILES string of the molecule is Cc1nc(C2CC2)oc1C(=O)NCCc1ccc(OCC(=O)O)cc1. The second-order valence-corrected chi connectivity index (χ2v) is 6.07. The van der Waals surface area contributed by atoms with Crippen LogP contribution in [-0.2, 0) is 11.2 Å². The van der Waals surface area contributed by atoms with E-state index in [1.165, 1.54) is 0 Å². The number of hydrogen-bond acceptors (Lipinski definition) is 5. The van der Waals surface area contributed by atoms with Gasteiger partial charge in [0.25, 0.3) is 5.91 Å². The molecule has 1 amide bonds. The molecular formula is C18H20N2O5. The standard InChI is InChI=1S/C18H20N2O5/c1-11-16(25-18(20-11)13-4-5-13)17(23)19-9-8-12-2-6-14(7-3-12)24-10-15(21)22/h2-3,6-7,13H,4-5,8-10H2,1H3,(H,19,23)(H,21,22). The molecule has 3 rings (SSSR count). The molecule has 1 aromatic heterocycles. The van der Waals surface area contributed by atoms with Crippen molar-refractivity contribution in [3.63, 3.8) is 0 Å². The largest absolute Gasteiger partial charge is 0.482 e. The molecule has 2 N–H and O–H groups in total. The zero-order valence-corrected chi connectivity index (χ0v) is 13.9. The maximum absolute atomic E-state index is 12.2. The average molecular weight is 344 g/mol. The Kier molecular flexibility index (Phi) is 5.02. The summed E-state index contributed by atoms with van der Waals surface area (Å²) in [4.78, 5) is 27.0. The number of carboxylic acid groups (broad SMARTS) is 1. The number of nitrogens with zero attached hydrogens (tertiary/aromatic N) is 1. The minimum atomic E-state index is -1.01. The van der Waals surface area contributed by atoms with Gasteiger partial charge >= 0.3 is 5.97 Å². The first-order valence-electron chi connectivity index (χ1n) is 8.22. The van der Waals surface area contributed by atoms with Crippen molar-refractivity contribution in [2.24, 2.45) is 0 Å². The van der Waals surface area contributed by atoms with Crippen LogP contribution < -0.4 is 10.1 Å². The molecule has 0 radical (unpaired) electrons. The van der Waals surface area contributed by atoms with E-state index in [4.69, 9.17) is 14.3 Å². The molecular weight excluding hydrogens is 324 g/mol. The predicted molar refractivity (Wildman–Crippen MR) is 88.8 cm³/mol. The third kappa shape index (κ3) is 4.59. The molecule has 1 aliphatic carbocycles. The van der Waals surface area contributed by atoms with E-state index in [9.17, 15) is 9.59 Å². The number of nitrogens with one attached hydrogen (secondary N) is 1. The Hall–Kier alpha value is -2.83. The van der Waals surface area contributed by atoms with Crippen LogP contribution in [0.5, 0.6) is 5.75 Å². The number of amides is 1. The molecule has 1 saturated carbocycles. The van der Waals surface area contributed by atoms with Gasteiger partial charge < -0.3 is 19.6 Å². The Bertz CT molecular complexity index is 762. The van der Waals surface area contributed by atoms with Crippen LogP contribution >= 0.6 is 0 Å². The smallest absolute Gasteiger partial charge is 0.341 e. The molecule has 0 unspecified atom stereocenters. The van der Waals surface area contributed by atoms with Crippen molar-refractivity contribution >= 4 is 11.9 Å². The number of aryl methyl sites for hydroxylation is 1. The van der Waals surface area contributed by atoms with Gasteiger partial charge in [0.05, 0.1) is 5.69 Å². The topological polar surface area (TPSA) is 102 Å². The summed E-state index contributed by atoms with van der Waals surface area (Å²) in [5.41, 5.74) is 1.63. The fourth-order valence-corrected chi connectivity index (χ4v) is 2.43. The van der Waals surface area contributed by atoms with E-state index in [2.05, 4.69) is 10.3 Å². The van der Waals surface area contributed by atoms with Gasteiger partial charge in [0.1, 0.15) is 5.75 Å². The summed E-state index contributed by atoms with van der Waals surface area (Å²) in [5, 5.41) is 11.4. The second-order valence-electron chi connectivity index (χ2n) is 6.07. The lowest BCUT2D eigenvalue weighted by Gasteiger charge is -2.06. The summed E-state index contributed by atoms with van der Waals surface area (Å²) in [6.07, 6.45) is 2.80. The summed E-state index contributed by atoms with van der Waals surface area (Å²) in [6.45, 7) is 1.88. The molecule has 7 heteroatoms. The van der Waals surface area contributed by atoms with Crippen LogP contribution in [-0.4, -0.2) is 35.1 Å². The van der Waals surface area contributed by atoms with E-state index in [0.29, 0.717) is 42.0 Å². The van der Waals surface area contributed by atoms with Crippen molar-refractivity contribution in [3.8, 4) is 5.75 Å². The van der Waals surface area contributed by atoms with Crippen molar-refractivity contribution < 1.29 is 23.8 Å². The molecule has 132 valence electrons. The molecule has 0 aliphatic heterocycles. The Balaban J connectivity index is 1.47. The van der Waals surface area contributed by atoms with E-state index >= 15 is 0 Å². The van der Waals surface area contributed by atoms with Gasteiger partial charge in [-0.05, 0) is 43.9 Å². The number of hydrogen-bond donors (Lipinski definition) is 2. The Morgan fingerprint density at radius 1 is 1.32 bits per heavy atom. The maximum atomic E-state index is 12.2. The number of carbonyl (C=O) groups excluding carboxylic acids is 1. The molecule has 1 aliphatic rings. The number of aromatic nitrogens is 1. The fraction of sp³-hybridized carbons (Fsp3) is 0.389. The number of oxazole rings is 1. The highest BCUT2D eigenvalue weighted by atomic mass is 16.5. The average Bonchev–Trinajstić information content (AvgIpc) is 3.36. The first-order valence-corrected chi connectivity index (χ1v) is 8.22. The van der Waals surface area contributed by atoms with Crippen molar-refractivity contribution in [1.82, 2.24) is 10.3 Å². The van der Waals surface area contributed by atoms with E-state index in [1.807, 2.05) is 12.1 Å². The first kappa shape index (κ1) is 17.0. The van der Waals surface area contributed by atoms with Gasteiger partial charge in [0, 0.05) is 12.5 Å². The minimum absolute atomic E-state index is 0.252. The maximum Gasteiger partial charge on any atom is 0.341 e. The highest BCUT2D eigenvalue weighted by Gasteiger charge is 2.30. The van der Waals surface area contributed by atoms with Gasteiger partial charge in [-0.1, -0.05) is 12.1 Å². The highest BCUT2D eigenvalue weighted by Crippen LogP contribution is 2.40. The zero-order chi connectivity index (χ0) is 17.8. The van der Waals surface area contributed by atoms with Crippen molar-refractivity contribution in [2.45, 2.75) is 32.1 Å². The van der Waals surface area contributed by atoms with Gasteiger partial charge in [-0.3, -0.25) is 4.79 Å². The summed E-state index contributed by atoms with van der Waals surface area (Å²) in [5.74, 6) is 0.568. The molecule has 2 aromatic rings. The Morgan fingerprint density at radius 3 is 2.68 bits per heavy atom. The predicted octanol–water partition coefficient (Wildman–Crippen LogP) is 2.30. The van der Waals surface area contributed by atoms with Crippen molar-refractivity contribution in [2.75, 3.05) is 13.2 Å². The van der Waals surface area contributed by atoms with Gasteiger partial charge in [-0.25, -0.2) is 9.78 Å². The molecule has 1 aromatic carbocycles. The monoisotopic (exact) mass is 344 g/mol. The summed E-state index contributed by atoms with van der Waals surface area (Å²) in [6, 6.07) is 7.10.